The molecule has 1 atom stereocenters. The molecule has 0 bridgehead atoms. The summed E-state index contributed by atoms with van der Waals surface area (Å²) < 4.78 is 11.2. The number of hydrogen-bond donors (Lipinski definition) is 1. The van der Waals surface area contributed by atoms with Crippen molar-refractivity contribution in [3.05, 3.63) is 28.7 Å². The van der Waals surface area contributed by atoms with Crippen LogP contribution in [0.4, 0.5) is 4.79 Å². The zero-order valence-corrected chi connectivity index (χ0v) is 13.5. The first kappa shape index (κ1) is 16.3. The maximum atomic E-state index is 11.8. The van der Waals surface area contributed by atoms with E-state index in [1.807, 2.05) is 0 Å². The van der Waals surface area contributed by atoms with Crippen LogP contribution in [0, 0.1) is 0 Å². The van der Waals surface area contributed by atoms with Crippen molar-refractivity contribution in [3.8, 4) is 5.75 Å². The second-order valence-corrected chi connectivity index (χ2v) is 5.51. The first-order valence-corrected chi connectivity index (χ1v) is 7.43. The smallest absolute Gasteiger partial charge is 0.347 e. The van der Waals surface area contributed by atoms with Gasteiger partial charge in [-0.1, -0.05) is 15.9 Å². The molecule has 0 spiro atoms. The number of esters is 1. The Balaban J connectivity index is 1.80. The van der Waals surface area contributed by atoms with Gasteiger partial charge in [0.2, 0.25) is 0 Å². The monoisotopic (exact) mass is 370 g/mol. The minimum absolute atomic E-state index is 0.278. The third-order valence-electron chi connectivity index (χ3n) is 2.95. The van der Waals surface area contributed by atoms with E-state index in [1.165, 1.54) is 6.92 Å². The van der Waals surface area contributed by atoms with Crippen LogP contribution >= 0.6 is 15.9 Å². The number of hydrogen-bond acceptors (Lipinski definition) is 5. The lowest BCUT2D eigenvalue weighted by Crippen LogP contribution is -2.38. The Bertz CT molecular complexity index is 575. The molecule has 1 fully saturated rings. The fourth-order valence-electron chi connectivity index (χ4n) is 1.80. The predicted molar refractivity (Wildman–Crippen MR) is 80.3 cm³/mol. The van der Waals surface area contributed by atoms with Crippen LogP contribution in [0.15, 0.2) is 28.7 Å². The summed E-state index contributed by atoms with van der Waals surface area (Å²) in [6, 6.07) is 6.49. The first-order valence-electron chi connectivity index (χ1n) is 6.64. The van der Waals surface area contributed by atoms with Crippen molar-refractivity contribution in [2.75, 3.05) is 19.7 Å². The van der Waals surface area contributed by atoms with E-state index in [-0.39, 0.29) is 6.54 Å². The Morgan fingerprint density at radius 2 is 2.05 bits per heavy atom. The molecule has 0 unspecified atom stereocenters. The highest BCUT2D eigenvalue weighted by Gasteiger charge is 2.27. The van der Waals surface area contributed by atoms with E-state index in [2.05, 4.69) is 21.2 Å². The highest BCUT2D eigenvalue weighted by atomic mass is 79.9. The second-order valence-electron chi connectivity index (χ2n) is 4.60. The molecule has 8 heteroatoms. The number of ether oxygens (including phenoxy) is 2. The van der Waals surface area contributed by atoms with Gasteiger partial charge in [-0.05, 0) is 31.2 Å². The van der Waals surface area contributed by atoms with Crippen molar-refractivity contribution in [2.45, 2.75) is 13.0 Å². The maximum absolute atomic E-state index is 11.8. The lowest BCUT2D eigenvalue weighted by Gasteiger charge is -2.15. The topological polar surface area (TPSA) is 84.9 Å². The third kappa shape index (κ3) is 4.20. The van der Waals surface area contributed by atoms with Crippen LogP contribution in [0.2, 0.25) is 0 Å². The van der Waals surface area contributed by atoms with E-state index in [9.17, 15) is 14.4 Å². The molecule has 1 saturated heterocycles. The molecular weight excluding hydrogens is 356 g/mol. The van der Waals surface area contributed by atoms with Gasteiger partial charge in [-0.2, -0.15) is 0 Å². The van der Waals surface area contributed by atoms with E-state index in [0.717, 1.165) is 9.37 Å². The van der Waals surface area contributed by atoms with E-state index < -0.39 is 30.6 Å². The van der Waals surface area contributed by atoms with E-state index in [1.54, 1.807) is 24.3 Å². The highest BCUT2D eigenvalue weighted by molar-refractivity contribution is 9.10. The number of carbonyl (C=O) groups excluding carboxylic acids is 3. The molecule has 3 amide bonds. The number of halogens is 1. The van der Waals surface area contributed by atoms with Crippen LogP contribution in [0.1, 0.15) is 6.92 Å². The zero-order valence-electron chi connectivity index (χ0n) is 11.9. The molecule has 0 aromatic heterocycles. The molecule has 22 heavy (non-hydrogen) atoms. The zero-order chi connectivity index (χ0) is 16.1. The van der Waals surface area contributed by atoms with Crippen LogP contribution < -0.4 is 10.1 Å². The first-order chi connectivity index (χ1) is 10.5. The van der Waals surface area contributed by atoms with Crippen molar-refractivity contribution >= 4 is 33.8 Å². The Morgan fingerprint density at radius 3 is 2.64 bits per heavy atom. The van der Waals surface area contributed by atoms with Crippen molar-refractivity contribution in [2.24, 2.45) is 0 Å². The van der Waals surface area contributed by atoms with Gasteiger partial charge in [-0.15, -0.1) is 0 Å². The molecule has 7 nitrogen and oxygen atoms in total. The van der Waals surface area contributed by atoms with E-state index >= 15 is 0 Å². The second kappa shape index (κ2) is 7.26. The van der Waals surface area contributed by atoms with Gasteiger partial charge in [0.1, 0.15) is 5.75 Å². The van der Waals surface area contributed by atoms with Gasteiger partial charge in [0, 0.05) is 17.6 Å². The van der Waals surface area contributed by atoms with Gasteiger partial charge < -0.3 is 14.8 Å². The molecule has 1 aromatic carbocycles. The normalized spacial score (nSPS) is 15.2. The number of amides is 3. The number of nitrogens with zero attached hydrogens (tertiary/aromatic N) is 1. The summed E-state index contributed by atoms with van der Waals surface area (Å²) in [5, 5.41) is 2.50. The summed E-state index contributed by atoms with van der Waals surface area (Å²) in [5.41, 5.74) is 0. The van der Waals surface area contributed by atoms with E-state index in [0.29, 0.717) is 12.3 Å². The Kier molecular flexibility index (Phi) is 5.37. The number of nitrogens with one attached hydrogen (secondary N) is 1. The number of urea groups is 1. The minimum Gasteiger partial charge on any atom is -0.479 e. The van der Waals surface area contributed by atoms with Crippen molar-refractivity contribution in [1.82, 2.24) is 10.2 Å². The lowest BCUT2D eigenvalue weighted by molar-refractivity contribution is -0.156. The van der Waals surface area contributed by atoms with Crippen LogP contribution in [0.3, 0.4) is 0 Å². The average molecular weight is 371 g/mol. The molecular formula is C14H15BrN2O5. The third-order valence-corrected chi connectivity index (χ3v) is 3.48. The molecule has 1 heterocycles. The van der Waals surface area contributed by atoms with Gasteiger partial charge in [0.25, 0.3) is 5.91 Å². The molecule has 118 valence electrons. The minimum atomic E-state index is -0.860. The summed E-state index contributed by atoms with van der Waals surface area (Å²) in [5.74, 6) is -0.715. The van der Waals surface area contributed by atoms with Crippen LogP contribution in [0.25, 0.3) is 0 Å². The largest absolute Gasteiger partial charge is 0.479 e. The van der Waals surface area contributed by atoms with Gasteiger partial charge >= 0.3 is 12.0 Å². The van der Waals surface area contributed by atoms with Crippen molar-refractivity contribution in [1.29, 1.82) is 0 Å². The summed E-state index contributed by atoms with van der Waals surface area (Å²) in [7, 11) is 0. The van der Waals surface area contributed by atoms with Gasteiger partial charge in [-0.25, -0.2) is 9.59 Å². The van der Waals surface area contributed by atoms with E-state index in [4.69, 9.17) is 9.47 Å². The number of rotatable bonds is 5. The number of carbonyl (C=O) groups is 3. The van der Waals surface area contributed by atoms with Gasteiger partial charge in [-0.3, -0.25) is 9.69 Å². The number of imide groups is 1. The quantitative estimate of drug-likeness (QED) is 0.789. The molecule has 1 aliphatic heterocycles. The van der Waals surface area contributed by atoms with Crippen molar-refractivity contribution < 1.29 is 23.9 Å². The molecule has 1 aliphatic rings. The fraction of sp³-hybridized carbons (Fsp3) is 0.357. The summed E-state index contributed by atoms with van der Waals surface area (Å²) >= 11 is 3.30. The van der Waals surface area contributed by atoms with Gasteiger partial charge in [0.05, 0.1) is 0 Å². The standard InChI is InChI=1S/C14H15BrN2O5/c1-9(22-11-4-2-10(15)3-5-11)13(19)21-8-12(18)17-7-6-16-14(17)20/h2-5,9H,6-8H2,1H3,(H,16,20)/t9-/m1/s1. The van der Waals surface area contributed by atoms with Crippen LogP contribution in [-0.2, 0) is 14.3 Å². The summed E-state index contributed by atoms with van der Waals surface area (Å²) in [4.78, 5) is 35.8. The Hall–Kier alpha value is -2.09. The molecule has 1 aromatic rings. The van der Waals surface area contributed by atoms with Crippen LogP contribution in [-0.4, -0.2) is 48.6 Å². The Labute approximate surface area is 135 Å². The summed E-state index contributed by atoms with van der Waals surface area (Å²) in [6.07, 6.45) is -0.860. The lowest BCUT2D eigenvalue weighted by atomic mass is 10.3. The van der Waals surface area contributed by atoms with Gasteiger partial charge in [0.15, 0.2) is 12.7 Å². The average Bonchev–Trinajstić information content (AvgIpc) is 2.93. The Morgan fingerprint density at radius 1 is 1.36 bits per heavy atom. The SMILES string of the molecule is C[C@@H](Oc1ccc(Br)cc1)C(=O)OCC(=O)N1CCNC1=O. The number of benzene rings is 1. The molecule has 0 aliphatic carbocycles. The maximum Gasteiger partial charge on any atom is 0.347 e. The molecule has 1 N–H and O–H groups in total. The molecule has 0 radical (unpaired) electrons. The predicted octanol–water partition coefficient (Wildman–Crippen LogP) is 1.31. The fourth-order valence-corrected chi connectivity index (χ4v) is 2.07. The summed E-state index contributed by atoms with van der Waals surface area (Å²) in [6.45, 7) is 1.72. The molecule has 2 rings (SSSR count). The van der Waals surface area contributed by atoms with Crippen LogP contribution in [0.5, 0.6) is 5.75 Å². The van der Waals surface area contributed by atoms with Crippen molar-refractivity contribution in [3.63, 3.8) is 0 Å². The highest BCUT2D eigenvalue weighted by Crippen LogP contribution is 2.17. The molecule has 0 saturated carbocycles.